The number of aliphatic hydroxyl groups is 1. The average Bonchev–Trinajstić information content (AvgIpc) is 2.36. The molecule has 0 amide bonds. The number of rotatable bonds is 5. The van der Waals surface area contributed by atoms with Gasteiger partial charge in [0.1, 0.15) is 5.75 Å². The van der Waals surface area contributed by atoms with Crippen molar-refractivity contribution in [3.63, 3.8) is 0 Å². The lowest BCUT2D eigenvalue weighted by Gasteiger charge is -2.32. The molecule has 0 aromatic heterocycles. The van der Waals surface area contributed by atoms with Gasteiger partial charge in [0.15, 0.2) is 0 Å². The first-order valence-corrected chi connectivity index (χ1v) is 6.34. The largest absolute Gasteiger partial charge is 0.461 e. The Morgan fingerprint density at radius 3 is 2.14 bits per heavy atom. The Balaban J connectivity index is 3.10. The van der Waals surface area contributed by atoms with Crippen LogP contribution >= 0.6 is 0 Å². The lowest BCUT2D eigenvalue weighted by molar-refractivity contribution is -0.253. The van der Waals surface area contributed by atoms with Crippen LogP contribution in [0.3, 0.4) is 0 Å². The molecular formula is C14H19F4NO2. The lowest BCUT2D eigenvalue weighted by Crippen LogP contribution is -2.38. The van der Waals surface area contributed by atoms with Gasteiger partial charge in [0.05, 0.1) is 12.1 Å². The SMILES string of the molecule is CC(C)(C)[C@@H](O)[C@@H](N)c1ccccc1OC(F)(F)C(F)F. The molecule has 7 heteroatoms. The van der Waals surface area contributed by atoms with Gasteiger partial charge in [-0.1, -0.05) is 39.0 Å². The topological polar surface area (TPSA) is 55.5 Å². The van der Waals surface area contributed by atoms with Crippen LogP contribution in [0, 0.1) is 5.41 Å². The Hall–Kier alpha value is -1.34. The smallest absolute Gasteiger partial charge is 0.428 e. The highest BCUT2D eigenvalue weighted by atomic mass is 19.3. The summed E-state index contributed by atoms with van der Waals surface area (Å²) in [4.78, 5) is 0. The van der Waals surface area contributed by atoms with Crippen molar-refractivity contribution in [1.29, 1.82) is 0 Å². The van der Waals surface area contributed by atoms with Crippen LogP contribution in [0.15, 0.2) is 24.3 Å². The van der Waals surface area contributed by atoms with E-state index in [4.69, 9.17) is 5.73 Å². The molecule has 3 nitrogen and oxygen atoms in total. The van der Waals surface area contributed by atoms with Crippen LogP contribution < -0.4 is 10.5 Å². The van der Waals surface area contributed by atoms with Gasteiger partial charge in [-0.05, 0) is 11.5 Å². The standard InChI is InChI=1S/C14H19F4NO2/c1-13(2,3)11(20)10(19)8-6-4-5-7-9(8)21-14(17,18)12(15)16/h4-7,10-12,20H,19H2,1-3H3/t10-,11-/m0/s1. The normalized spacial score (nSPS) is 15.9. The highest BCUT2D eigenvalue weighted by molar-refractivity contribution is 5.37. The molecule has 0 spiro atoms. The molecule has 0 aliphatic rings. The fourth-order valence-electron chi connectivity index (χ4n) is 1.75. The first-order chi connectivity index (χ1) is 9.47. The second kappa shape index (κ2) is 6.19. The molecule has 1 rings (SSSR count). The summed E-state index contributed by atoms with van der Waals surface area (Å²) >= 11 is 0. The van der Waals surface area contributed by atoms with Crippen molar-refractivity contribution in [2.75, 3.05) is 0 Å². The molecule has 0 saturated heterocycles. The van der Waals surface area contributed by atoms with E-state index >= 15 is 0 Å². The van der Waals surface area contributed by atoms with Crippen LogP contribution in [-0.4, -0.2) is 23.7 Å². The second-order valence-electron chi connectivity index (χ2n) is 5.84. The molecule has 21 heavy (non-hydrogen) atoms. The van der Waals surface area contributed by atoms with Crippen LogP contribution in [0.4, 0.5) is 17.6 Å². The van der Waals surface area contributed by atoms with Crippen LogP contribution in [0.2, 0.25) is 0 Å². The maximum atomic E-state index is 13.0. The quantitative estimate of drug-likeness (QED) is 0.820. The average molecular weight is 309 g/mol. The molecule has 0 radical (unpaired) electrons. The van der Waals surface area contributed by atoms with Gasteiger partial charge < -0.3 is 15.6 Å². The molecule has 0 unspecified atom stereocenters. The summed E-state index contributed by atoms with van der Waals surface area (Å²) in [6.07, 6.45) is -9.65. The van der Waals surface area contributed by atoms with Gasteiger partial charge >= 0.3 is 12.5 Å². The lowest BCUT2D eigenvalue weighted by atomic mass is 9.82. The molecule has 0 aliphatic heterocycles. The number of hydrogen-bond acceptors (Lipinski definition) is 3. The summed E-state index contributed by atoms with van der Waals surface area (Å²) in [5.74, 6) is -0.474. The van der Waals surface area contributed by atoms with E-state index in [9.17, 15) is 22.7 Å². The molecule has 0 bridgehead atoms. The van der Waals surface area contributed by atoms with Gasteiger partial charge in [0, 0.05) is 5.56 Å². The predicted octanol–water partition coefficient (Wildman–Crippen LogP) is 3.33. The highest BCUT2D eigenvalue weighted by Gasteiger charge is 2.44. The summed E-state index contributed by atoms with van der Waals surface area (Å²) < 4.78 is 54.6. The van der Waals surface area contributed by atoms with E-state index in [1.807, 2.05) is 0 Å². The van der Waals surface area contributed by atoms with Crippen LogP contribution in [-0.2, 0) is 0 Å². The fraction of sp³-hybridized carbons (Fsp3) is 0.571. The third-order valence-electron chi connectivity index (χ3n) is 3.01. The van der Waals surface area contributed by atoms with Gasteiger partial charge in [0.25, 0.3) is 0 Å². The Labute approximate surface area is 120 Å². The Bertz CT molecular complexity index is 474. The van der Waals surface area contributed by atoms with Gasteiger partial charge in [-0.15, -0.1) is 0 Å². The number of benzene rings is 1. The van der Waals surface area contributed by atoms with E-state index in [-0.39, 0.29) is 5.56 Å². The minimum absolute atomic E-state index is 0.0419. The van der Waals surface area contributed by atoms with Gasteiger partial charge in [0.2, 0.25) is 0 Å². The Morgan fingerprint density at radius 2 is 1.67 bits per heavy atom. The van der Waals surface area contributed by atoms with Gasteiger partial charge in [-0.25, -0.2) is 0 Å². The number of aliphatic hydroxyl groups excluding tert-OH is 1. The van der Waals surface area contributed by atoms with Crippen molar-refractivity contribution < 1.29 is 27.4 Å². The minimum atomic E-state index is -4.62. The van der Waals surface area contributed by atoms with Crippen LogP contribution in [0.1, 0.15) is 32.4 Å². The van der Waals surface area contributed by atoms with E-state index in [1.165, 1.54) is 18.2 Å². The fourth-order valence-corrected chi connectivity index (χ4v) is 1.75. The zero-order valence-corrected chi connectivity index (χ0v) is 12.0. The maximum Gasteiger partial charge on any atom is 0.461 e. The Kier molecular flexibility index (Phi) is 5.22. The first-order valence-electron chi connectivity index (χ1n) is 6.34. The van der Waals surface area contributed by atoms with Crippen LogP contribution in [0.5, 0.6) is 5.75 Å². The molecule has 0 fully saturated rings. The molecule has 2 atom stereocenters. The van der Waals surface area contributed by atoms with Gasteiger partial charge in [-0.2, -0.15) is 17.6 Å². The number of ether oxygens (including phenoxy) is 1. The van der Waals surface area contributed by atoms with E-state index < -0.39 is 35.8 Å². The molecular weight excluding hydrogens is 290 g/mol. The second-order valence-corrected chi connectivity index (χ2v) is 5.84. The monoisotopic (exact) mass is 309 g/mol. The zero-order valence-electron chi connectivity index (χ0n) is 12.0. The number of hydrogen-bond donors (Lipinski definition) is 2. The molecule has 1 aromatic carbocycles. The number of halogens is 4. The van der Waals surface area contributed by atoms with Crippen molar-refractivity contribution in [3.8, 4) is 5.75 Å². The third kappa shape index (κ3) is 4.31. The van der Waals surface area contributed by atoms with E-state index in [1.54, 1.807) is 20.8 Å². The van der Waals surface area contributed by atoms with Gasteiger partial charge in [-0.3, -0.25) is 0 Å². The van der Waals surface area contributed by atoms with E-state index in [0.717, 1.165) is 6.07 Å². The molecule has 0 aliphatic carbocycles. The zero-order chi connectivity index (χ0) is 16.4. The molecule has 0 heterocycles. The van der Waals surface area contributed by atoms with Crippen molar-refractivity contribution in [3.05, 3.63) is 29.8 Å². The third-order valence-corrected chi connectivity index (χ3v) is 3.01. The molecule has 120 valence electrons. The summed E-state index contributed by atoms with van der Waals surface area (Å²) in [6.45, 7) is 5.15. The number of alkyl halides is 4. The highest BCUT2D eigenvalue weighted by Crippen LogP contribution is 2.36. The summed E-state index contributed by atoms with van der Waals surface area (Å²) in [6, 6.07) is 4.28. The predicted molar refractivity (Wildman–Crippen MR) is 70.4 cm³/mol. The summed E-state index contributed by atoms with van der Waals surface area (Å²) in [7, 11) is 0. The number of para-hydroxylation sites is 1. The van der Waals surface area contributed by atoms with Crippen molar-refractivity contribution >= 4 is 0 Å². The van der Waals surface area contributed by atoms with E-state index in [2.05, 4.69) is 4.74 Å². The summed E-state index contributed by atoms with van der Waals surface area (Å²) in [5, 5.41) is 10.1. The van der Waals surface area contributed by atoms with Crippen molar-refractivity contribution in [2.24, 2.45) is 11.1 Å². The van der Waals surface area contributed by atoms with Crippen LogP contribution in [0.25, 0.3) is 0 Å². The first kappa shape index (κ1) is 17.7. The van der Waals surface area contributed by atoms with E-state index in [0.29, 0.717) is 0 Å². The summed E-state index contributed by atoms with van der Waals surface area (Å²) in [5.41, 5.74) is 5.29. The maximum absolute atomic E-state index is 13.0. The molecule has 1 aromatic rings. The molecule has 0 saturated carbocycles. The Morgan fingerprint density at radius 1 is 1.14 bits per heavy atom. The number of nitrogens with two attached hydrogens (primary N) is 1. The van der Waals surface area contributed by atoms with Crippen molar-refractivity contribution in [1.82, 2.24) is 0 Å². The van der Waals surface area contributed by atoms with Crippen molar-refractivity contribution in [2.45, 2.75) is 45.5 Å². The molecule has 3 N–H and O–H groups in total. The minimum Gasteiger partial charge on any atom is -0.428 e.